The van der Waals surface area contributed by atoms with Gasteiger partial charge in [-0.1, -0.05) is 12.1 Å². The standard InChI is InChI=1S/C21H22N8O2/c30-20(25-15-3-1-14(2-4-15)13-29-7-9-31-10-8-29)19-18(12-24-28-19)27-21-23-11-17-16(26-21)5-6-22-17/h1-6,11-12,22H,7-10,13H2,(H,24,28)(H,25,30)(H,23,26,27). The lowest BCUT2D eigenvalue weighted by Gasteiger charge is -2.26. The van der Waals surface area contributed by atoms with Crippen LogP contribution in [0.4, 0.5) is 17.3 Å². The number of amides is 1. The van der Waals surface area contributed by atoms with Gasteiger partial charge in [0.15, 0.2) is 0 Å². The van der Waals surface area contributed by atoms with Gasteiger partial charge >= 0.3 is 0 Å². The second-order valence-electron chi connectivity index (χ2n) is 7.29. The first-order valence-corrected chi connectivity index (χ1v) is 10.1. The smallest absolute Gasteiger partial charge is 0.275 e. The number of nitrogens with zero attached hydrogens (tertiary/aromatic N) is 4. The van der Waals surface area contributed by atoms with E-state index in [4.69, 9.17) is 4.74 Å². The minimum Gasteiger partial charge on any atom is -0.379 e. The third-order valence-electron chi connectivity index (χ3n) is 5.13. The molecular formula is C21H22N8O2. The highest BCUT2D eigenvalue weighted by atomic mass is 16.5. The SMILES string of the molecule is O=C(Nc1ccc(CN2CCOCC2)cc1)c1[nH]ncc1Nc1ncc2[nH]ccc2n1. The molecule has 1 aromatic carbocycles. The van der Waals surface area contributed by atoms with Crippen LogP contribution in [0.15, 0.2) is 48.9 Å². The Morgan fingerprint density at radius 3 is 2.81 bits per heavy atom. The van der Waals surface area contributed by atoms with Crippen LogP contribution in [0.5, 0.6) is 0 Å². The summed E-state index contributed by atoms with van der Waals surface area (Å²) in [5.74, 6) is 0.0821. The summed E-state index contributed by atoms with van der Waals surface area (Å²) in [4.78, 5) is 26.8. The quantitative estimate of drug-likeness (QED) is 0.379. The predicted octanol–water partition coefficient (Wildman–Crippen LogP) is 2.51. The number of anilines is 3. The van der Waals surface area contributed by atoms with Crippen molar-refractivity contribution in [2.75, 3.05) is 36.9 Å². The van der Waals surface area contributed by atoms with Crippen LogP contribution < -0.4 is 10.6 Å². The number of carbonyl (C=O) groups excluding carboxylic acids is 1. The monoisotopic (exact) mass is 418 g/mol. The van der Waals surface area contributed by atoms with Crippen LogP contribution in [0.3, 0.4) is 0 Å². The van der Waals surface area contributed by atoms with Crippen LogP contribution >= 0.6 is 0 Å². The number of H-pyrrole nitrogens is 2. The van der Waals surface area contributed by atoms with Crippen LogP contribution in [0.25, 0.3) is 11.0 Å². The molecule has 1 fully saturated rings. The predicted molar refractivity (Wildman–Crippen MR) is 116 cm³/mol. The van der Waals surface area contributed by atoms with Crippen LogP contribution in [-0.2, 0) is 11.3 Å². The molecule has 3 aromatic heterocycles. The topological polar surface area (TPSA) is 124 Å². The number of carbonyl (C=O) groups is 1. The number of aromatic nitrogens is 5. The normalized spacial score (nSPS) is 14.6. The summed E-state index contributed by atoms with van der Waals surface area (Å²) in [6.07, 6.45) is 5.01. The number of aromatic amines is 2. The highest BCUT2D eigenvalue weighted by Crippen LogP contribution is 2.20. The molecule has 1 saturated heterocycles. The van der Waals surface area contributed by atoms with Crippen molar-refractivity contribution in [3.8, 4) is 0 Å². The molecule has 4 aromatic rings. The van der Waals surface area contributed by atoms with Crippen molar-refractivity contribution in [1.82, 2.24) is 30.0 Å². The summed E-state index contributed by atoms with van der Waals surface area (Å²) in [5, 5.41) is 12.7. The highest BCUT2D eigenvalue weighted by molar-refractivity contribution is 6.06. The zero-order valence-electron chi connectivity index (χ0n) is 16.8. The molecule has 10 heteroatoms. The zero-order chi connectivity index (χ0) is 21.0. The molecule has 0 aliphatic carbocycles. The van der Waals surface area contributed by atoms with Gasteiger partial charge in [0.05, 0.1) is 42.3 Å². The van der Waals surface area contributed by atoms with Crippen LogP contribution in [-0.4, -0.2) is 62.3 Å². The van der Waals surface area contributed by atoms with Crippen molar-refractivity contribution in [1.29, 1.82) is 0 Å². The second-order valence-corrected chi connectivity index (χ2v) is 7.29. The summed E-state index contributed by atoms with van der Waals surface area (Å²) in [6, 6.07) is 9.71. The maximum atomic E-state index is 12.8. The van der Waals surface area contributed by atoms with Gasteiger partial charge in [-0.2, -0.15) is 5.10 Å². The van der Waals surface area contributed by atoms with Gasteiger partial charge in [-0.25, -0.2) is 9.97 Å². The van der Waals surface area contributed by atoms with Crippen molar-refractivity contribution in [3.05, 3.63) is 60.2 Å². The molecular weight excluding hydrogens is 396 g/mol. The van der Waals surface area contributed by atoms with E-state index in [9.17, 15) is 4.79 Å². The Kier molecular flexibility index (Phi) is 5.29. The second kappa shape index (κ2) is 8.54. The lowest BCUT2D eigenvalue weighted by Crippen LogP contribution is -2.35. The Bertz CT molecular complexity index is 1180. The summed E-state index contributed by atoms with van der Waals surface area (Å²) >= 11 is 0. The molecule has 0 bridgehead atoms. The molecule has 31 heavy (non-hydrogen) atoms. The fourth-order valence-electron chi connectivity index (χ4n) is 3.48. The molecule has 0 unspecified atom stereocenters. The van der Waals surface area contributed by atoms with Gasteiger partial charge < -0.3 is 20.4 Å². The maximum absolute atomic E-state index is 12.8. The minimum absolute atomic E-state index is 0.301. The maximum Gasteiger partial charge on any atom is 0.275 e. The lowest BCUT2D eigenvalue weighted by atomic mass is 10.2. The average Bonchev–Trinajstić information content (AvgIpc) is 3.45. The molecule has 158 valence electrons. The van der Waals surface area contributed by atoms with Gasteiger partial charge in [0.2, 0.25) is 5.95 Å². The first-order valence-electron chi connectivity index (χ1n) is 10.1. The van der Waals surface area contributed by atoms with Gasteiger partial charge in [-0.15, -0.1) is 0 Å². The van der Waals surface area contributed by atoms with E-state index in [1.807, 2.05) is 30.3 Å². The van der Waals surface area contributed by atoms with Gasteiger partial charge in [-0.3, -0.25) is 14.8 Å². The summed E-state index contributed by atoms with van der Waals surface area (Å²) in [7, 11) is 0. The van der Waals surface area contributed by atoms with Gasteiger partial charge in [0.25, 0.3) is 5.91 Å². The van der Waals surface area contributed by atoms with Crippen LogP contribution in [0, 0.1) is 0 Å². The van der Waals surface area contributed by atoms with Crippen molar-refractivity contribution < 1.29 is 9.53 Å². The number of benzene rings is 1. The number of ether oxygens (including phenoxy) is 1. The number of rotatable bonds is 6. The van der Waals surface area contributed by atoms with Crippen LogP contribution in [0.2, 0.25) is 0 Å². The molecule has 10 nitrogen and oxygen atoms in total. The Balaban J connectivity index is 1.24. The molecule has 0 spiro atoms. The average molecular weight is 418 g/mol. The van der Waals surface area contributed by atoms with Crippen LogP contribution in [0.1, 0.15) is 16.1 Å². The van der Waals surface area contributed by atoms with Crippen molar-refractivity contribution in [3.63, 3.8) is 0 Å². The van der Waals surface area contributed by atoms with Crippen molar-refractivity contribution >= 4 is 34.3 Å². The molecule has 5 rings (SSSR count). The molecule has 0 atom stereocenters. The minimum atomic E-state index is -0.302. The Labute approximate surface area is 178 Å². The van der Waals surface area contributed by atoms with E-state index in [1.165, 1.54) is 11.8 Å². The highest BCUT2D eigenvalue weighted by Gasteiger charge is 2.16. The fraction of sp³-hybridized carbons (Fsp3) is 0.238. The van der Waals surface area contributed by atoms with E-state index >= 15 is 0 Å². The number of fused-ring (bicyclic) bond motifs is 1. The number of hydrogen-bond donors (Lipinski definition) is 4. The Hall–Kier alpha value is -3.76. The third-order valence-corrected chi connectivity index (χ3v) is 5.13. The molecule has 0 saturated carbocycles. The van der Waals surface area contributed by atoms with Gasteiger partial charge in [0.1, 0.15) is 5.69 Å². The third kappa shape index (κ3) is 4.39. The van der Waals surface area contributed by atoms with E-state index in [-0.39, 0.29) is 5.91 Å². The zero-order valence-corrected chi connectivity index (χ0v) is 16.8. The first-order chi connectivity index (χ1) is 15.2. The van der Waals surface area contributed by atoms with E-state index in [1.54, 1.807) is 12.4 Å². The summed E-state index contributed by atoms with van der Waals surface area (Å²) in [6.45, 7) is 4.30. The van der Waals surface area contributed by atoms with E-state index in [2.05, 4.69) is 40.7 Å². The Morgan fingerprint density at radius 2 is 1.97 bits per heavy atom. The molecule has 1 amide bonds. The Morgan fingerprint density at radius 1 is 1.13 bits per heavy atom. The van der Waals surface area contributed by atoms with E-state index in [0.29, 0.717) is 23.0 Å². The van der Waals surface area contributed by atoms with Crippen molar-refractivity contribution in [2.45, 2.75) is 6.54 Å². The summed E-state index contributed by atoms with van der Waals surface area (Å²) in [5.41, 5.74) is 4.32. The summed E-state index contributed by atoms with van der Waals surface area (Å²) < 4.78 is 5.39. The molecule has 4 heterocycles. The van der Waals surface area contributed by atoms with E-state index in [0.717, 1.165) is 43.9 Å². The first kappa shape index (κ1) is 19.2. The lowest BCUT2D eigenvalue weighted by molar-refractivity contribution is 0.0342. The number of hydrogen-bond acceptors (Lipinski definition) is 7. The molecule has 0 radical (unpaired) electrons. The molecule has 4 N–H and O–H groups in total. The largest absolute Gasteiger partial charge is 0.379 e. The number of nitrogens with one attached hydrogen (secondary N) is 4. The molecule has 1 aliphatic rings. The van der Waals surface area contributed by atoms with Crippen molar-refractivity contribution in [2.24, 2.45) is 0 Å². The van der Waals surface area contributed by atoms with Gasteiger partial charge in [-0.05, 0) is 23.8 Å². The van der Waals surface area contributed by atoms with Gasteiger partial charge in [0, 0.05) is 31.5 Å². The fourth-order valence-corrected chi connectivity index (χ4v) is 3.48. The molecule has 1 aliphatic heterocycles. The van der Waals surface area contributed by atoms with E-state index < -0.39 is 0 Å². The number of morpholine rings is 1.